The number of fused-ring (bicyclic) bond motifs is 3. The predicted octanol–water partition coefficient (Wildman–Crippen LogP) is 5.19. The minimum Gasteiger partial charge on any atom is -0.370 e. The fourth-order valence-corrected chi connectivity index (χ4v) is 8.68. The first-order valence-electron chi connectivity index (χ1n) is 12.2. The first-order chi connectivity index (χ1) is 14.9. The topological polar surface area (TPSA) is 92.7 Å². The largest absolute Gasteiger partial charge is 0.445 e. The Bertz CT molecular complexity index is 936. The maximum absolute atomic E-state index is 12.1. The molecule has 3 aliphatic carbocycles. The normalized spacial score (nSPS) is 40.3. The molecule has 0 unspecified atom stereocenters. The highest BCUT2D eigenvalue weighted by Crippen LogP contribution is 2.69. The van der Waals surface area contributed by atoms with Gasteiger partial charge in [-0.3, -0.25) is 9.35 Å². The highest BCUT2D eigenvalue weighted by Gasteiger charge is 2.61. The maximum Gasteiger partial charge on any atom is 0.445 e. The summed E-state index contributed by atoms with van der Waals surface area (Å²) in [5.41, 5.74) is 2.41. The Balaban J connectivity index is 1.67. The zero-order chi connectivity index (χ0) is 23.4. The van der Waals surface area contributed by atoms with Crippen LogP contribution in [0.15, 0.2) is 23.5 Å². The van der Waals surface area contributed by atoms with Crippen LogP contribution in [0.2, 0.25) is 0 Å². The molecule has 7 heteroatoms. The van der Waals surface area contributed by atoms with Gasteiger partial charge in [0.1, 0.15) is 6.26 Å². The molecule has 4 aliphatic rings. The molecule has 5 atom stereocenters. The van der Waals surface area contributed by atoms with E-state index < -0.39 is 10.4 Å². The number of carbonyl (C=O) groups is 1. The molecule has 180 valence electrons. The number of nitrogens with one attached hydrogen (secondary N) is 1. The van der Waals surface area contributed by atoms with E-state index in [1.165, 1.54) is 31.9 Å². The SMILES string of the molecule is CC1(C)CCC[C@]2(C)[C@H]3CC/C(=C\OS(=O)(=O)O)[C@H](CCC4=CCNC4=O)[C@@]3(C)CC[C@@H]12. The van der Waals surface area contributed by atoms with Crippen LogP contribution in [0.1, 0.15) is 85.5 Å². The van der Waals surface area contributed by atoms with Crippen molar-refractivity contribution < 1.29 is 21.9 Å². The number of hydrogen-bond acceptors (Lipinski definition) is 4. The van der Waals surface area contributed by atoms with Crippen molar-refractivity contribution in [2.75, 3.05) is 6.54 Å². The van der Waals surface area contributed by atoms with Gasteiger partial charge < -0.3 is 9.50 Å². The van der Waals surface area contributed by atoms with E-state index in [9.17, 15) is 13.2 Å². The van der Waals surface area contributed by atoms with E-state index in [-0.39, 0.29) is 22.7 Å². The Labute approximate surface area is 193 Å². The Morgan fingerprint density at radius 1 is 1.12 bits per heavy atom. The highest BCUT2D eigenvalue weighted by atomic mass is 32.3. The van der Waals surface area contributed by atoms with Crippen LogP contribution in [0.4, 0.5) is 0 Å². The summed E-state index contributed by atoms with van der Waals surface area (Å²) in [5, 5.41) is 2.85. The highest BCUT2D eigenvalue weighted by molar-refractivity contribution is 7.81. The molecule has 4 rings (SSSR count). The fourth-order valence-electron chi connectivity index (χ4n) is 8.44. The van der Waals surface area contributed by atoms with Crippen molar-refractivity contribution in [1.29, 1.82) is 0 Å². The Hall–Kier alpha value is -1.34. The van der Waals surface area contributed by atoms with Crippen LogP contribution in [0.5, 0.6) is 0 Å². The average molecular weight is 466 g/mol. The summed E-state index contributed by atoms with van der Waals surface area (Å²) < 4.78 is 36.5. The van der Waals surface area contributed by atoms with E-state index in [0.717, 1.165) is 36.8 Å². The quantitative estimate of drug-likeness (QED) is 0.431. The smallest absolute Gasteiger partial charge is 0.370 e. The van der Waals surface area contributed by atoms with Gasteiger partial charge in [0, 0.05) is 12.1 Å². The first-order valence-corrected chi connectivity index (χ1v) is 13.6. The summed E-state index contributed by atoms with van der Waals surface area (Å²) in [6.45, 7) is 10.4. The second-order valence-corrected chi connectivity index (χ2v) is 12.8. The Morgan fingerprint density at radius 2 is 1.88 bits per heavy atom. The molecule has 3 saturated carbocycles. The lowest BCUT2D eigenvalue weighted by Crippen LogP contribution is -2.58. The van der Waals surface area contributed by atoms with Crippen LogP contribution in [0, 0.1) is 34.0 Å². The molecule has 6 nitrogen and oxygen atoms in total. The van der Waals surface area contributed by atoms with Gasteiger partial charge in [-0.1, -0.05) is 40.2 Å². The van der Waals surface area contributed by atoms with Crippen molar-refractivity contribution in [3.8, 4) is 0 Å². The minimum absolute atomic E-state index is 0.00641. The Kier molecular flexibility index (Phi) is 6.07. The van der Waals surface area contributed by atoms with Gasteiger partial charge in [0.15, 0.2) is 0 Å². The molecule has 0 aromatic heterocycles. The summed E-state index contributed by atoms with van der Waals surface area (Å²) in [5.74, 6) is 1.38. The van der Waals surface area contributed by atoms with Crippen LogP contribution in [0.25, 0.3) is 0 Å². The third-order valence-electron chi connectivity index (χ3n) is 9.73. The van der Waals surface area contributed by atoms with Crippen LogP contribution < -0.4 is 5.32 Å². The van der Waals surface area contributed by atoms with Gasteiger partial charge in [0.05, 0.1) is 0 Å². The predicted molar refractivity (Wildman–Crippen MR) is 124 cm³/mol. The van der Waals surface area contributed by atoms with Crippen molar-refractivity contribution in [2.45, 2.75) is 85.5 Å². The number of hydrogen-bond donors (Lipinski definition) is 2. The van der Waals surface area contributed by atoms with E-state index in [0.29, 0.717) is 30.2 Å². The van der Waals surface area contributed by atoms with Gasteiger partial charge in [-0.2, -0.15) is 8.42 Å². The summed E-state index contributed by atoms with van der Waals surface area (Å²) in [7, 11) is -4.53. The maximum atomic E-state index is 12.1. The van der Waals surface area contributed by atoms with Crippen molar-refractivity contribution in [3.05, 3.63) is 23.5 Å². The Morgan fingerprint density at radius 3 is 2.53 bits per heavy atom. The van der Waals surface area contributed by atoms with Crippen molar-refractivity contribution in [3.63, 3.8) is 0 Å². The molecule has 1 heterocycles. The molecule has 0 saturated heterocycles. The molecule has 2 N–H and O–H groups in total. The van der Waals surface area contributed by atoms with Crippen LogP contribution in [-0.4, -0.2) is 25.4 Å². The third-order valence-corrected chi connectivity index (χ3v) is 10.1. The van der Waals surface area contributed by atoms with Crippen molar-refractivity contribution in [2.24, 2.45) is 34.0 Å². The first kappa shape index (κ1) is 23.8. The second-order valence-electron chi connectivity index (χ2n) is 11.8. The van der Waals surface area contributed by atoms with Gasteiger partial charge in [0.2, 0.25) is 5.91 Å². The zero-order valence-electron chi connectivity index (χ0n) is 19.9. The minimum atomic E-state index is -4.53. The molecular weight excluding hydrogens is 426 g/mol. The van der Waals surface area contributed by atoms with Crippen LogP contribution in [0.3, 0.4) is 0 Å². The lowest BCUT2D eigenvalue weighted by Gasteiger charge is -2.66. The van der Waals surface area contributed by atoms with Gasteiger partial charge in [-0.25, -0.2) is 0 Å². The summed E-state index contributed by atoms with van der Waals surface area (Å²) >= 11 is 0. The van der Waals surface area contributed by atoms with Crippen LogP contribution >= 0.6 is 0 Å². The molecule has 0 aromatic carbocycles. The van der Waals surface area contributed by atoms with Gasteiger partial charge in [-0.05, 0) is 90.9 Å². The molecular formula is C25H39NO5S. The molecule has 0 aromatic rings. The zero-order valence-corrected chi connectivity index (χ0v) is 20.8. The van der Waals surface area contributed by atoms with Gasteiger partial charge >= 0.3 is 10.4 Å². The van der Waals surface area contributed by atoms with E-state index >= 15 is 0 Å². The third kappa shape index (κ3) is 4.15. The lowest BCUT2D eigenvalue weighted by molar-refractivity contribution is -0.154. The lowest BCUT2D eigenvalue weighted by atomic mass is 9.39. The van der Waals surface area contributed by atoms with E-state index in [1.807, 2.05) is 6.08 Å². The molecule has 1 aliphatic heterocycles. The van der Waals surface area contributed by atoms with E-state index in [4.69, 9.17) is 8.74 Å². The second kappa shape index (κ2) is 8.15. The molecule has 0 spiro atoms. The number of carbonyl (C=O) groups excluding carboxylic acids is 1. The monoisotopic (exact) mass is 465 g/mol. The summed E-state index contributed by atoms with van der Waals surface area (Å²) in [4.78, 5) is 12.1. The molecule has 0 bridgehead atoms. The summed E-state index contributed by atoms with van der Waals surface area (Å²) in [6.07, 6.45) is 12.6. The van der Waals surface area contributed by atoms with Gasteiger partial charge in [0.25, 0.3) is 0 Å². The van der Waals surface area contributed by atoms with Gasteiger partial charge in [-0.15, -0.1) is 0 Å². The van der Waals surface area contributed by atoms with Crippen molar-refractivity contribution in [1.82, 2.24) is 5.32 Å². The molecule has 0 radical (unpaired) electrons. The average Bonchev–Trinajstić information content (AvgIpc) is 3.08. The number of amides is 1. The molecule has 32 heavy (non-hydrogen) atoms. The summed E-state index contributed by atoms with van der Waals surface area (Å²) in [6, 6.07) is 0. The van der Waals surface area contributed by atoms with Crippen molar-refractivity contribution >= 4 is 16.3 Å². The standard InChI is InChI=1S/C25H39NO5S/c1-23(2)12-5-13-25(4)20(23)10-14-24(3)19(8-6-17-11-15-26-22(17)27)18(7-9-21(24)25)16-31-32(28,29)30/h11,16,19-21H,5-10,12-15H2,1-4H3,(H,26,27)(H,28,29,30)/b18-16+/t19-,20-,21-,24+,25-/m0/s1. The number of allylic oxidation sites excluding steroid dienone is 1. The molecule has 3 fully saturated rings. The van der Waals surface area contributed by atoms with E-state index in [2.05, 4.69) is 33.0 Å². The fraction of sp³-hybridized carbons (Fsp3) is 0.800. The van der Waals surface area contributed by atoms with E-state index in [1.54, 1.807) is 0 Å². The number of rotatable bonds is 5. The van der Waals surface area contributed by atoms with Crippen LogP contribution in [-0.2, 0) is 19.4 Å². The molecule has 1 amide bonds.